The van der Waals surface area contributed by atoms with Crippen LogP contribution in [0.4, 0.5) is 0 Å². The van der Waals surface area contributed by atoms with Crippen LogP contribution in [0.5, 0.6) is 0 Å². The Morgan fingerprint density at radius 2 is 2.14 bits per heavy atom. The molecule has 0 unspecified atom stereocenters. The molecule has 1 amide bonds. The molecule has 1 aromatic heterocycles. The van der Waals surface area contributed by atoms with Gasteiger partial charge in [-0.3, -0.25) is 9.59 Å². The molecule has 0 radical (unpaired) electrons. The lowest BCUT2D eigenvalue weighted by molar-refractivity contribution is -0.143. The minimum absolute atomic E-state index is 0.171. The Labute approximate surface area is 140 Å². The fourth-order valence-electron chi connectivity index (χ4n) is 1.97. The predicted molar refractivity (Wildman–Crippen MR) is 89.6 cm³/mol. The fraction of sp³-hybridized carbons (Fsp3) is 0.400. The first-order chi connectivity index (χ1) is 10.5. The smallest absolute Gasteiger partial charge is 0.307 e. The van der Waals surface area contributed by atoms with Crippen molar-refractivity contribution in [2.24, 2.45) is 4.99 Å². The lowest BCUT2D eigenvalue weighted by Gasteiger charge is -2.05. The molecule has 22 heavy (non-hydrogen) atoms. The summed E-state index contributed by atoms with van der Waals surface area (Å²) in [7, 11) is 0. The van der Waals surface area contributed by atoms with E-state index in [1.807, 2.05) is 22.8 Å². The monoisotopic (exact) mass is 384 g/mol. The predicted octanol–water partition coefficient (Wildman–Crippen LogP) is 3.26. The number of nitrogens with zero attached hydrogens (tertiary/aromatic N) is 2. The average molecular weight is 385 g/mol. The van der Waals surface area contributed by atoms with Crippen LogP contribution in [-0.2, 0) is 20.9 Å². The summed E-state index contributed by atoms with van der Waals surface area (Å²) in [5.41, 5.74) is 0.958. The van der Waals surface area contributed by atoms with E-state index in [2.05, 4.69) is 20.9 Å². The Morgan fingerprint density at radius 1 is 1.36 bits per heavy atom. The number of benzene rings is 1. The first-order valence-corrected chi connectivity index (χ1v) is 8.68. The van der Waals surface area contributed by atoms with E-state index in [1.54, 1.807) is 13.8 Å². The van der Waals surface area contributed by atoms with Crippen LogP contribution in [0.25, 0.3) is 10.2 Å². The van der Waals surface area contributed by atoms with Gasteiger partial charge in [0.15, 0.2) is 4.80 Å². The second-order valence-corrected chi connectivity index (χ2v) is 6.49. The van der Waals surface area contributed by atoms with E-state index in [1.165, 1.54) is 11.3 Å². The summed E-state index contributed by atoms with van der Waals surface area (Å²) in [4.78, 5) is 28.0. The summed E-state index contributed by atoms with van der Waals surface area (Å²) in [6, 6.07) is 5.87. The molecule has 0 saturated carbocycles. The molecule has 0 atom stereocenters. The van der Waals surface area contributed by atoms with E-state index in [4.69, 9.17) is 4.74 Å². The summed E-state index contributed by atoms with van der Waals surface area (Å²) in [5.74, 6) is -0.422. The number of aromatic nitrogens is 1. The number of carbonyl (C=O) groups excluding carboxylic acids is 2. The Bertz CT molecular complexity index is 764. The SMILES string of the molecule is CCOC(=O)CCn1c(=NC(=O)CC)sc2cc(Br)ccc21. The topological polar surface area (TPSA) is 60.7 Å². The van der Waals surface area contributed by atoms with Crippen molar-refractivity contribution in [1.82, 2.24) is 4.57 Å². The molecule has 2 aromatic rings. The molecule has 0 spiro atoms. The van der Waals surface area contributed by atoms with Crippen LogP contribution in [0, 0.1) is 0 Å². The van der Waals surface area contributed by atoms with Gasteiger partial charge in [0, 0.05) is 17.4 Å². The summed E-state index contributed by atoms with van der Waals surface area (Å²) in [6.07, 6.45) is 0.610. The Hall–Kier alpha value is -1.47. The van der Waals surface area contributed by atoms with Crippen molar-refractivity contribution >= 4 is 49.4 Å². The molecule has 0 N–H and O–H groups in total. The lowest BCUT2D eigenvalue weighted by atomic mass is 10.3. The Kier molecular flexibility index (Phi) is 5.90. The number of hydrogen-bond donors (Lipinski definition) is 0. The van der Waals surface area contributed by atoms with E-state index in [0.29, 0.717) is 24.4 Å². The van der Waals surface area contributed by atoms with E-state index in [0.717, 1.165) is 14.7 Å². The zero-order valence-electron chi connectivity index (χ0n) is 12.5. The van der Waals surface area contributed by atoms with Gasteiger partial charge in [-0.25, -0.2) is 0 Å². The number of carbonyl (C=O) groups is 2. The fourth-order valence-corrected chi connectivity index (χ4v) is 3.60. The van der Waals surface area contributed by atoms with Crippen molar-refractivity contribution in [3.63, 3.8) is 0 Å². The maximum atomic E-state index is 11.6. The molecule has 5 nitrogen and oxygen atoms in total. The highest BCUT2D eigenvalue weighted by Crippen LogP contribution is 2.22. The Morgan fingerprint density at radius 3 is 2.82 bits per heavy atom. The van der Waals surface area contributed by atoms with Crippen LogP contribution in [0.3, 0.4) is 0 Å². The minimum atomic E-state index is -0.251. The van der Waals surface area contributed by atoms with Gasteiger partial charge in [0.05, 0.1) is 23.2 Å². The van der Waals surface area contributed by atoms with Crippen LogP contribution < -0.4 is 4.80 Å². The van der Waals surface area contributed by atoms with Crippen molar-refractivity contribution in [3.8, 4) is 0 Å². The van der Waals surface area contributed by atoms with Gasteiger partial charge in [0.2, 0.25) is 5.91 Å². The van der Waals surface area contributed by atoms with Crippen LogP contribution in [-0.4, -0.2) is 23.1 Å². The normalized spacial score (nSPS) is 11.9. The third-order valence-electron chi connectivity index (χ3n) is 3.01. The number of rotatable bonds is 5. The largest absolute Gasteiger partial charge is 0.466 e. The highest BCUT2D eigenvalue weighted by Gasteiger charge is 2.10. The number of ether oxygens (including phenoxy) is 1. The molecule has 0 saturated heterocycles. The van der Waals surface area contributed by atoms with E-state index >= 15 is 0 Å². The van der Waals surface area contributed by atoms with Crippen LogP contribution in [0.15, 0.2) is 27.7 Å². The highest BCUT2D eigenvalue weighted by atomic mass is 79.9. The van der Waals surface area contributed by atoms with Gasteiger partial charge in [0.1, 0.15) is 0 Å². The molecule has 2 rings (SSSR count). The quantitative estimate of drug-likeness (QED) is 0.743. The van der Waals surface area contributed by atoms with Crippen LogP contribution in [0.2, 0.25) is 0 Å². The summed E-state index contributed by atoms with van der Waals surface area (Å²) < 4.78 is 8.84. The first kappa shape index (κ1) is 16.9. The van der Waals surface area contributed by atoms with Crippen molar-refractivity contribution < 1.29 is 14.3 Å². The number of thiazole rings is 1. The third kappa shape index (κ3) is 4.04. The van der Waals surface area contributed by atoms with Gasteiger partial charge in [-0.1, -0.05) is 34.2 Å². The zero-order valence-corrected chi connectivity index (χ0v) is 14.9. The van der Waals surface area contributed by atoms with Crippen molar-refractivity contribution in [3.05, 3.63) is 27.5 Å². The van der Waals surface area contributed by atoms with Crippen LogP contribution >= 0.6 is 27.3 Å². The summed E-state index contributed by atoms with van der Waals surface area (Å²) >= 11 is 4.88. The van der Waals surface area contributed by atoms with Gasteiger partial charge in [-0.2, -0.15) is 4.99 Å². The first-order valence-electron chi connectivity index (χ1n) is 7.07. The minimum Gasteiger partial charge on any atom is -0.466 e. The van der Waals surface area contributed by atoms with Gasteiger partial charge in [0.25, 0.3) is 0 Å². The number of amides is 1. The summed E-state index contributed by atoms with van der Waals surface area (Å²) in [6.45, 7) is 4.37. The van der Waals surface area contributed by atoms with Gasteiger partial charge in [-0.15, -0.1) is 0 Å². The summed E-state index contributed by atoms with van der Waals surface area (Å²) in [5, 5.41) is 0. The molecule has 1 heterocycles. The highest BCUT2D eigenvalue weighted by molar-refractivity contribution is 9.10. The van der Waals surface area contributed by atoms with Crippen molar-refractivity contribution in [2.45, 2.75) is 33.2 Å². The lowest BCUT2D eigenvalue weighted by Crippen LogP contribution is -2.19. The molecule has 0 aliphatic heterocycles. The zero-order chi connectivity index (χ0) is 16.1. The number of halogens is 1. The maximum absolute atomic E-state index is 11.6. The molecule has 118 valence electrons. The van der Waals surface area contributed by atoms with Gasteiger partial charge >= 0.3 is 5.97 Å². The molecule has 0 aliphatic rings. The van der Waals surface area contributed by atoms with E-state index in [-0.39, 0.29) is 18.3 Å². The van der Waals surface area contributed by atoms with Crippen molar-refractivity contribution in [2.75, 3.05) is 6.61 Å². The van der Waals surface area contributed by atoms with E-state index in [9.17, 15) is 9.59 Å². The molecule has 7 heteroatoms. The number of fused-ring (bicyclic) bond motifs is 1. The molecule has 0 bridgehead atoms. The Balaban J connectivity index is 2.44. The van der Waals surface area contributed by atoms with Crippen LogP contribution in [0.1, 0.15) is 26.7 Å². The molecular formula is C15H17BrN2O3S. The maximum Gasteiger partial charge on any atom is 0.307 e. The molecule has 0 fully saturated rings. The second kappa shape index (κ2) is 7.69. The third-order valence-corrected chi connectivity index (χ3v) is 4.55. The standard InChI is InChI=1S/C15H17BrN2O3S/c1-3-13(19)17-15-18(8-7-14(20)21-4-2)11-6-5-10(16)9-12(11)22-15/h5-6,9H,3-4,7-8H2,1-2H3. The van der Waals surface area contributed by atoms with Gasteiger partial charge in [-0.05, 0) is 25.1 Å². The number of hydrogen-bond acceptors (Lipinski definition) is 4. The number of esters is 1. The van der Waals surface area contributed by atoms with Crippen molar-refractivity contribution in [1.29, 1.82) is 0 Å². The molecule has 0 aliphatic carbocycles. The van der Waals surface area contributed by atoms with E-state index < -0.39 is 0 Å². The van der Waals surface area contributed by atoms with Gasteiger partial charge < -0.3 is 9.30 Å². The average Bonchev–Trinajstić information content (AvgIpc) is 2.81. The number of aryl methyl sites for hydroxylation is 1. The molecular weight excluding hydrogens is 368 g/mol. The second-order valence-electron chi connectivity index (χ2n) is 4.56. The molecule has 1 aromatic carbocycles.